The number of para-hydroxylation sites is 1. The maximum atomic E-state index is 6.06. The van der Waals surface area contributed by atoms with Gasteiger partial charge in [-0.2, -0.15) is 0 Å². The molecule has 69 heavy (non-hydrogen) atoms. The first-order chi connectivity index (χ1) is 34.2. The number of benzene rings is 6. The van der Waals surface area contributed by atoms with Crippen LogP contribution in [0, 0.1) is 31.1 Å². The zero-order chi connectivity index (χ0) is 47.9. The lowest BCUT2D eigenvalue weighted by Crippen LogP contribution is -2.15. The maximum Gasteiger partial charge on any atom is 0.0635 e. The number of nitrogens with one attached hydrogen (secondary N) is 1. The van der Waals surface area contributed by atoms with Crippen molar-refractivity contribution in [2.24, 2.45) is 5.92 Å². The Kier molecular flexibility index (Phi) is 18.7. The minimum Gasteiger partial charge on any atom is -0.362 e. The highest BCUT2D eigenvalue weighted by Crippen LogP contribution is 2.35. The fourth-order valence-corrected chi connectivity index (χ4v) is 9.01. The highest BCUT2D eigenvalue weighted by molar-refractivity contribution is 5.83. The van der Waals surface area contributed by atoms with E-state index in [1.807, 2.05) is 0 Å². The molecule has 0 radical (unpaired) electrons. The fraction of sp³-hybridized carbons (Fsp3) is 0.164. The molecule has 0 aromatic heterocycles. The molecule has 0 aliphatic heterocycles. The molecule has 342 valence electrons. The van der Waals surface area contributed by atoms with E-state index in [9.17, 15) is 0 Å². The van der Waals surface area contributed by atoms with E-state index < -0.39 is 0 Å². The second kappa shape index (κ2) is 26.3. The van der Waals surface area contributed by atoms with Crippen LogP contribution in [0.15, 0.2) is 236 Å². The van der Waals surface area contributed by atoms with Gasteiger partial charge in [-0.3, -0.25) is 0 Å². The lowest BCUT2D eigenvalue weighted by atomic mass is 9.87. The smallest absolute Gasteiger partial charge is 0.0635 e. The summed E-state index contributed by atoms with van der Waals surface area (Å²) < 4.78 is 0. The third kappa shape index (κ3) is 13.8. The van der Waals surface area contributed by atoms with E-state index in [1.165, 1.54) is 33.4 Å². The van der Waals surface area contributed by atoms with E-state index in [0.717, 1.165) is 90.8 Å². The topological polar surface area (TPSA) is 15.3 Å². The van der Waals surface area contributed by atoms with Crippen LogP contribution in [-0.2, 0) is 12.8 Å². The second-order valence-electron chi connectivity index (χ2n) is 17.2. The number of fused-ring (bicyclic) bond motifs is 1. The molecule has 8 rings (SSSR count). The third-order valence-corrected chi connectivity index (χ3v) is 12.7. The Morgan fingerprint density at radius 1 is 0.739 bits per heavy atom. The summed E-state index contributed by atoms with van der Waals surface area (Å²) in [5.41, 5.74) is 15.9. The molecule has 6 aromatic carbocycles. The van der Waals surface area contributed by atoms with Gasteiger partial charge < -0.3 is 10.2 Å². The molecule has 0 amide bonds. The van der Waals surface area contributed by atoms with E-state index in [2.05, 4.69) is 273 Å². The number of rotatable bonds is 16. The molecular weight excluding hydrogens is 833 g/mol. The van der Waals surface area contributed by atoms with Crippen LogP contribution in [-0.4, -0.2) is 0 Å². The minimum atomic E-state index is -0.0530. The van der Waals surface area contributed by atoms with Gasteiger partial charge in [0.25, 0.3) is 0 Å². The van der Waals surface area contributed by atoms with Gasteiger partial charge in [0.2, 0.25) is 0 Å². The Hall–Kier alpha value is -8.04. The molecule has 0 fully saturated rings. The molecule has 1 N–H and O–H groups in total. The third-order valence-electron chi connectivity index (χ3n) is 12.7. The summed E-state index contributed by atoms with van der Waals surface area (Å²) in [5.74, 6) is 3.16. The zero-order valence-electron chi connectivity index (χ0n) is 40.0. The van der Waals surface area contributed by atoms with Crippen molar-refractivity contribution in [3.8, 4) is 25.2 Å². The number of aryl methyl sites for hydroxylation is 1. The Balaban J connectivity index is 0.00000347. The first-order valence-corrected chi connectivity index (χ1v) is 24.4. The highest BCUT2D eigenvalue weighted by Gasteiger charge is 2.16. The molecule has 0 saturated carbocycles. The van der Waals surface area contributed by atoms with E-state index >= 15 is 0 Å². The molecule has 0 bridgehead atoms. The summed E-state index contributed by atoms with van der Waals surface area (Å²) in [6, 6.07) is 56.9. The van der Waals surface area contributed by atoms with Crippen LogP contribution in [0.5, 0.6) is 0 Å². The molecule has 2 unspecified atom stereocenters. The molecule has 2 aliphatic rings. The van der Waals surface area contributed by atoms with Gasteiger partial charge in [-0.1, -0.05) is 194 Å². The largest absolute Gasteiger partial charge is 0.362 e. The minimum absolute atomic E-state index is 0.0530. The molecule has 2 nitrogen and oxygen atoms in total. The zero-order valence-corrected chi connectivity index (χ0v) is 40.0. The lowest BCUT2D eigenvalue weighted by molar-refractivity contribution is 0.752. The number of hydrogen-bond acceptors (Lipinski definition) is 2. The average Bonchev–Trinajstić information content (AvgIpc) is 3.42. The number of terminal acetylenes is 2. The van der Waals surface area contributed by atoms with E-state index in [4.69, 9.17) is 6.42 Å². The molecule has 2 atom stereocenters. The van der Waals surface area contributed by atoms with Crippen LogP contribution >= 0.6 is 0 Å². The van der Waals surface area contributed by atoms with E-state index in [1.54, 1.807) is 0 Å². The van der Waals surface area contributed by atoms with Crippen molar-refractivity contribution in [1.82, 2.24) is 0 Å². The molecule has 2 aliphatic carbocycles. The van der Waals surface area contributed by atoms with Crippen LogP contribution in [0.1, 0.15) is 90.3 Å². The van der Waals surface area contributed by atoms with Crippen LogP contribution < -0.4 is 10.2 Å². The van der Waals surface area contributed by atoms with Crippen molar-refractivity contribution in [1.29, 1.82) is 0 Å². The van der Waals surface area contributed by atoms with E-state index in [-0.39, 0.29) is 11.8 Å². The van der Waals surface area contributed by atoms with Crippen molar-refractivity contribution < 1.29 is 0 Å². The SMILES string of the molecule is C#C.C#CC1/C=C\CCC/C=C\C=C/1c1ccc(/C=C\C(CC/C=C/Nc2ccc(C3=CCCc4ccccc43)cc2)c2ccc(N(C(/C=C\Cc3ccccc3)=C/C)c3ccccc3)cc2)cc1. The number of allylic oxidation sites excluding steroid dienone is 12. The predicted octanol–water partition coefficient (Wildman–Crippen LogP) is 17.3. The molecular formula is C67H64N2. The van der Waals surface area contributed by atoms with E-state index in [0.29, 0.717) is 0 Å². The maximum absolute atomic E-state index is 6.06. The van der Waals surface area contributed by atoms with Gasteiger partial charge in [0.15, 0.2) is 0 Å². The monoisotopic (exact) mass is 897 g/mol. The second-order valence-corrected chi connectivity index (χ2v) is 17.2. The average molecular weight is 897 g/mol. The van der Waals surface area contributed by atoms with Crippen LogP contribution in [0.4, 0.5) is 17.1 Å². The summed E-state index contributed by atoms with van der Waals surface area (Å²) in [6.07, 6.45) is 51.4. The quantitative estimate of drug-likeness (QED) is 0.0592. The molecule has 2 heteroatoms. The van der Waals surface area contributed by atoms with Gasteiger partial charge in [0.05, 0.1) is 5.92 Å². The Labute approximate surface area is 413 Å². The number of hydrogen-bond donors (Lipinski definition) is 1. The lowest BCUT2D eigenvalue weighted by Gasteiger charge is -2.27. The van der Waals surface area contributed by atoms with Gasteiger partial charge in [0.1, 0.15) is 0 Å². The van der Waals surface area contributed by atoms with Crippen LogP contribution in [0.25, 0.3) is 17.2 Å². The Morgan fingerprint density at radius 2 is 1.43 bits per heavy atom. The summed E-state index contributed by atoms with van der Waals surface area (Å²) in [6.45, 7) is 2.12. The van der Waals surface area contributed by atoms with Crippen molar-refractivity contribution in [3.63, 3.8) is 0 Å². The van der Waals surface area contributed by atoms with Gasteiger partial charge in [-0.15, -0.1) is 19.3 Å². The molecule has 0 heterocycles. The van der Waals surface area contributed by atoms with Crippen molar-refractivity contribution >= 4 is 34.3 Å². The van der Waals surface area contributed by atoms with Gasteiger partial charge in [-0.05, 0) is 157 Å². The summed E-state index contributed by atoms with van der Waals surface area (Å²) in [5, 5.41) is 3.53. The number of nitrogens with zero attached hydrogens (tertiary/aromatic N) is 1. The van der Waals surface area contributed by atoms with Crippen molar-refractivity contribution in [2.75, 3.05) is 10.2 Å². The van der Waals surface area contributed by atoms with Gasteiger partial charge in [-0.25, -0.2) is 0 Å². The Bertz CT molecular complexity index is 2850. The molecule has 0 saturated heterocycles. The van der Waals surface area contributed by atoms with Crippen molar-refractivity contribution in [2.45, 2.75) is 64.2 Å². The number of anilines is 3. The fourth-order valence-electron chi connectivity index (χ4n) is 9.01. The van der Waals surface area contributed by atoms with Gasteiger partial charge in [0, 0.05) is 28.7 Å². The standard InChI is InChI=1S/C65H62N2.C2H2/c1-3-53-26-13-7-5-6-8-16-33-63(53)57-40-37-52(38-41-57)36-39-54(27-19-20-50-66-59-46-42-58(43-47-59)65-35-22-29-56-28-17-18-34-64(56)65)55-44-48-62(49-45-55)67(61-30-14-10-15-31-61)60(4-2)32-21-25-51-23-11-9-12-24-51;1-2/h1,4,8-18,20-21,23-24,26,28,30-50,53-54,66H,5-7,19,22,25,27,29H2,2H3;1-2H/b16-8-,26-13-,32-21-,39-36-,50-20+,60-4+,63-33+;. The summed E-state index contributed by atoms with van der Waals surface area (Å²) in [7, 11) is 0. The first-order valence-electron chi connectivity index (χ1n) is 24.4. The summed E-state index contributed by atoms with van der Waals surface area (Å²) >= 11 is 0. The van der Waals surface area contributed by atoms with Crippen LogP contribution in [0.3, 0.4) is 0 Å². The first kappa shape index (κ1) is 48.9. The highest BCUT2D eigenvalue weighted by atomic mass is 15.1. The Morgan fingerprint density at radius 3 is 2.19 bits per heavy atom. The molecule has 6 aromatic rings. The van der Waals surface area contributed by atoms with Crippen molar-refractivity contribution in [3.05, 3.63) is 275 Å². The van der Waals surface area contributed by atoms with Crippen LogP contribution in [0.2, 0.25) is 0 Å². The summed E-state index contributed by atoms with van der Waals surface area (Å²) in [4.78, 5) is 2.34. The normalized spacial score (nSPS) is 17.0. The van der Waals surface area contributed by atoms with Gasteiger partial charge >= 0.3 is 0 Å². The predicted molar refractivity (Wildman–Crippen MR) is 299 cm³/mol. The molecule has 0 spiro atoms.